The molecule has 6 heteroatoms. The third-order valence-corrected chi connectivity index (χ3v) is 6.62. The Morgan fingerprint density at radius 3 is 2.54 bits per heavy atom. The van der Waals surface area contributed by atoms with Crippen molar-refractivity contribution in [3.8, 4) is 0 Å². The molecule has 1 amide bonds. The van der Waals surface area contributed by atoms with Crippen LogP contribution in [0.3, 0.4) is 0 Å². The molecule has 28 heavy (non-hydrogen) atoms. The third kappa shape index (κ3) is 2.98. The van der Waals surface area contributed by atoms with E-state index < -0.39 is 0 Å². The molecule has 0 spiro atoms. The molecule has 2 aromatic carbocycles. The summed E-state index contributed by atoms with van der Waals surface area (Å²) < 4.78 is 2.15. The average Bonchev–Trinajstić information content (AvgIpc) is 3.30. The molecular formula is C22H22N4OS. The number of hydrogen-bond donors (Lipinski definition) is 1. The normalized spacial score (nSPS) is 19.7. The van der Waals surface area contributed by atoms with E-state index >= 15 is 0 Å². The van der Waals surface area contributed by atoms with Crippen LogP contribution in [0.2, 0.25) is 0 Å². The number of carbonyl (C=O) groups excluding carboxylic acids is 1. The number of imidazole rings is 1. The average molecular weight is 391 g/mol. The molecule has 2 atom stereocenters. The highest BCUT2D eigenvalue weighted by molar-refractivity contribution is 7.99. The molecule has 2 aliphatic rings. The largest absolute Gasteiger partial charge is 0.346 e. The summed E-state index contributed by atoms with van der Waals surface area (Å²) in [6.07, 6.45) is 5.15. The first-order chi connectivity index (χ1) is 13.7. The van der Waals surface area contributed by atoms with E-state index in [9.17, 15) is 4.79 Å². The highest BCUT2D eigenvalue weighted by Gasteiger charge is 2.30. The second-order valence-corrected chi connectivity index (χ2v) is 8.42. The Morgan fingerprint density at radius 2 is 1.82 bits per heavy atom. The molecule has 0 bridgehead atoms. The molecule has 5 nitrogen and oxygen atoms in total. The molecule has 3 heterocycles. The topological polar surface area (TPSA) is 50.2 Å². The summed E-state index contributed by atoms with van der Waals surface area (Å²) in [5.74, 6) is 1.03. The van der Waals surface area contributed by atoms with Crippen molar-refractivity contribution in [3.63, 3.8) is 0 Å². The number of benzene rings is 2. The van der Waals surface area contributed by atoms with Crippen molar-refractivity contribution in [3.05, 3.63) is 66.7 Å². The number of amides is 1. The van der Waals surface area contributed by atoms with E-state index in [0.29, 0.717) is 19.0 Å². The first kappa shape index (κ1) is 17.4. The van der Waals surface area contributed by atoms with Crippen molar-refractivity contribution in [2.24, 2.45) is 0 Å². The van der Waals surface area contributed by atoms with Gasteiger partial charge in [-0.05, 0) is 37.6 Å². The maximum Gasteiger partial charge on any atom is 0.222 e. The van der Waals surface area contributed by atoms with Crippen LogP contribution in [0, 0.1) is 0 Å². The van der Waals surface area contributed by atoms with Crippen LogP contribution in [0.5, 0.6) is 0 Å². The lowest BCUT2D eigenvalue weighted by Gasteiger charge is -2.32. The molecule has 0 saturated heterocycles. The van der Waals surface area contributed by atoms with Crippen molar-refractivity contribution >= 4 is 29.0 Å². The van der Waals surface area contributed by atoms with Crippen molar-refractivity contribution < 1.29 is 4.79 Å². The summed E-state index contributed by atoms with van der Waals surface area (Å²) in [5, 5.41) is 3.18. The third-order valence-electron chi connectivity index (χ3n) is 5.49. The van der Waals surface area contributed by atoms with E-state index in [1.54, 1.807) is 11.8 Å². The van der Waals surface area contributed by atoms with Crippen LogP contribution in [0.1, 0.15) is 37.7 Å². The Bertz CT molecular complexity index is 985. The quantitative estimate of drug-likeness (QED) is 0.702. The van der Waals surface area contributed by atoms with Crippen LogP contribution in [0.4, 0.5) is 11.4 Å². The highest BCUT2D eigenvalue weighted by Crippen LogP contribution is 2.47. The predicted molar refractivity (Wildman–Crippen MR) is 111 cm³/mol. The van der Waals surface area contributed by atoms with Crippen molar-refractivity contribution in [1.82, 2.24) is 14.9 Å². The molecule has 1 aromatic heterocycles. The zero-order valence-electron chi connectivity index (χ0n) is 15.7. The second-order valence-electron chi connectivity index (χ2n) is 7.34. The van der Waals surface area contributed by atoms with E-state index in [0.717, 1.165) is 12.2 Å². The lowest BCUT2D eigenvalue weighted by Crippen LogP contribution is -2.31. The summed E-state index contributed by atoms with van der Waals surface area (Å²) in [6, 6.07) is 17.2. The van der Waals surface area contributed by atoms with Gasteiger partial charge in [-0.25, -0.2) is 4.98 Å². The summed E-state index contributed by atoms with van der Waals surface area (Å²) in [5.41, 5.74) is 2.34. The monoisotopic (exact) mass is 390 g/mol. The molecule has 3 aromatic rings. The van der Waals surface area contributed by atoms with Gasteiger partial charge in [0, 0.05) is 41.2 Å². The molecule has 2 unspecified atom stereocenters. The van der Waals surface area contributed by atoms with Crippen molar-refractivity contribution in [1.29, 1.82) is 0 Å². The Labute approximate surface area is 168 Å². The molecule has 0 saturated carbocycles. The number of aromatic nitrogens is 2. The van der Waals surface area contributed by atoms with Gasteiger partial charge in [0.25, 0.3) is 0 Å². The Hall–Kier alpha value is -2.73. The number of anilines is 2. The smallest absolute Gasteiger partial charge is 0.222 e. The summed E-state index contributed by atoms with van der Waals surface area (Å²) in [6.45, 7) is 2.81. The van der Waals surface area contributed by atoms with Gasteiger partial charge in [-0.1, -0.05) is 36.0 Å². The van der Waals surface area contributed by atoms with E-state index in [1.807, 2.05) is 12.4 Å². The van der Waals surface area contributed by atoms with Crippen LogP contribution in [-0.2, 0) is 4.79 Å². The minimum absolute atomic E-state index is 0.00832. The van der Waals surface area contributed by atoms with Gasteiger partial charge < -0.3 is 14.8 Å². The van der Waals surface area contributed by atoms with Gasteiger partial charge in [0.2, 0.25) is 5.91 Å². The zero-order chi connectivity index (χ0) is 19.1. The fraction of sp³-hybridized carbons (Fsp3) is 0.273. The number of hydrogen-bond acceptors (Lipinski definition) is 4. The van der Waals surface area contributed by atoms with E-state index in [1.165, 1.54) is 21.2 Å². The van der Waals surface area contributed by atoms with Gasteiger partial charge in [0.15, 0.2) is 0 Å². The lowest BCUT2D eigenvalue weighted by molar-refractivity contribution is -0.121. The number of para-hydroxylation sites is 2. The van der Waals surface area contributed by atoms with Gasteiger partial charge in [-0.2, -0.15) is 0 Å². The van der Waals surface area contributed by atoms with Crippen LogP contribution in [0.25, 0.3) is 0 Å². The van der Waals surface area contributed by atoms with Gasteiger partial charge in [-0.3, -0.25) is 4.79 Å². The molecule has 0 aliphatic carbocycles. The maximum absolute atomic E-state index is 12.7. The number of carbonyl (C=O) groups is 1. The van der Waals surface area contributed by atoms with Gasteiger partial charge in [-0.15, -0.1) is 0 Å². The summed E-state index contributed by atoms with van der Waals surface area (Å²) in [4.78, 5) is 21.9. The fourth-order valence-electron chi connectivity index (χ4n) is 4.15. The highest BCUT2D eigenvalue weighted by atomic mass is 32.2. The van der Waals surface area contributed by atoms with Crippen LogP contribution in [0.15, 0.2) is 70.7 Å². The number of fused-ring (bicyclic) bond motifs is 3. The molecule has 5 rings (SSSR count). The van der Waals surface area contributed by atoms with Gasteiger partial charge >= 0.3 is 0 Å². The summed E-state index contributed by atoms with van der Waals surface area (Å²) in [7, 11) is 0. The number of nitrogens with one attached hydrogen (secondary N) is 1. The second kappa shape index (κ2) is 7.02. The van der Waals surface area contributed by atoms with E-state index in [2.05, 4.69) is 75.2 Å². The van der Waals surface area contributed by atoms with Crippen LogP contribution < -0.4 is 10.2 Å². The summed E-state index contributed by atoms with van der Waals surface area (Å²) >= 11 is 1.79. The van der Waals surface area contributed by atoms with Crippen molar-refractivity contribution in [2.75, 3.05) is 11.4 Å². The maximum atomic E-state index is 12.7. The fourth-order valence-corrected chi connectivity index (χ4v) is 5.25. The SMILES string of the molecule is CC1CC(NC(=O)CCN2c3ccccc3Sc3ccccc32)c2nccn21. The van der Waals surface area contributed by atoms with Gasteiger partial charge in [0.05, 0.1) is 17.4 Å². The minimum atomic E-state index is 0.00832. The van der Waals surface area contributed by atoms with Gasteiger partial charge in [0.1, 0.15) is 5.82 Å². The first-order valence-corrected chi connectivity index (χ1v) is 10.5. The molecule has 0 fully saturated rings. The molecule has 1 N–H and O–H groups in total. The lowest BCUT2D eigenvalue weighted by atomic mass is 10.1. The Balaban J connectivity index is 1.31. The van der Waals surface area contributed by atoms with Crippen molar-refractivity contribution in [2.45, 2.75) is 41.6 Å². The predicted octanol–water partition coefficient (Wildman–Crippen LogP) is 4.70. The van der Waals surface area contributed by atoms with E-state index in [4.69, 9.17) is 0 Å². The van der Waals surface area contributed by atoms with Crippen LogP contribution in [-0.4, -0.2) is 22.0 Å². The van der Waals surface area contributed by atoms with E-state index in [-0.39, 0.29) is 11.9 Å². The zero-order valence-corrected chi connectivity index (χ0v) is 16.5. The molecular weight excluding hydrogens is 368 g/mol. The number of rotatable bonds is 4. The minimum Gasteiger partial charge on any atom is -0.346 e. The Morgan fingerprint density at radius 1 is 1.14 bits per heavy atom. The standard InChI is InChI=1S/C22H22N4OS/c1-15-14-16(22-23-11-13-25(15)22)24-21(27)10-12-26-17-6-2-4-8-19(17)28-20-9-5-3-7-18(20)26/h2-9,11,13,15-16H,10,12,14H2,1H3,(H,24,27). The van der Waals surface area contributed by atoms with Crippen LogP contribution >= 0.6 is 11.8 Å². The molecule has 0 radical (unpaired) electrons. The Kier molecular flexibility index (Phi) is 4.36. The first-order valence-electron chi connectivity index (χ1n) is 9.66. The molecule has 2 aliphatic heterocycles. The molecule has 142 valence electrons. The number of nitrogens with zero attached hydrogens (tertiary/aromatic N) is 3.